The molecule has 3 aromatic heterocycles. The van der Waals surface area contributed by atoms with Crippen molar-refractivity contribution < 1.29 is 9.53 Å². The van der Waals surface area contributed by atoms with Gasteiger partial charge in [-0.3, -0.25) is 4.79 Å². The van der Waals surface area contributed by atoms with E-state index in [1.807, 2.05) is 66.0 Å². The molecule has 164 valence electrons. The summed E-state index contributed by atoms with van der Waals surface area (Å²) in [5.41, 5.74) is 9.80. The molecule has 0 atom stereocenters. The lowest BCUT2D eigenvalue weighted by Gasteiger charge is -2.06. The van der Waals surface area contributed by atoms with E-state index in [1.54, 1.807) is 24.7 Å². The number of anilines is 1. The zero-order chi connectivity index (χ0) is 22.8. The van der Waals surface area contributed by atoms with Crippen molar-refractivity contribution in [2.24, 2.45) is 5.10 Å². The van der Waals surface area contributed by atoms with E-state index in [4.69, 9.17) is 20.4 Å². The number of para-hydroxylation sites is 2. The molecular weight excluding hydrogens is 436 g/mol. The van der Waals surface area contributed by atoms with Crippen LogP contribution >= 0.6 is 11.3 Å². The third kappa shape index (κ3) is 4.01. The Kier molecular flexibility index (Phi) is 5.45. The second-order valence-electron chi connectivity index (χ2n) is 7.25. The number of fused-ring (bicyclic) bond motifs is 2. The van der Waals surface area contributed by atoms with Crippen LogP contribution in [0.5, 0.6) is 5.75 Å². The molecule has 0 unspecified atom stereocenters. The predicted octanol–water partition coefficient (Wildman–Crippen LogP) is 4.05. The van der Waals surface area contributed by atoms with Crippen LogP contribution in [-0.4, -0.2) is 33.9 Å². The Hall–Kier alpha value is -4.24. The van der Waals surface area contributed by atoms with Gasteiger partial charge in [0.2, 0.25) is 0 Å². The fourth-order valence-corrected chi connectivity index (χ4v) is 4.06. The molecule has 33 heavy (non-hydrogen) atoms. The monoisotopic (exact) mass is 456 g/mol. The van der Waals surface area contributed by atoms with Gasteiger partial charge in [-0.05, 0) is 41.3 Å². The number of nitrogens with two attached hydrogens (primary N) is 1. The fourth-order valence-electron chi connectivity index (χ4n) is 3.48. The number of rotatable bonds is 6. The van der Waals surface area contributed by atoms with E-state index < -0.39 is 0 Å². The lowest BCUT2D eigenvalue weighted by molar-refractivity contribution is 0.0953. The molecule has 3 N–H and O–H groups in total. The van der Waals surface area contributed by atoms with Crippen molar-refractivity contribution in [3.63, 3.8) is 0 Å². The highest BCUT2D eigenvalue weighted by atomic mass is 32.1. The molecule has 0 saturated carbocycles. The molecule has 2 aromatic carbocycles. The van der Waals surface area contributed by atoms with Gasteiger partial charge in [0.05, 0.1) is 24.4 Å². The van der Waals surface area contributed by atoms with E-state index in [-0.39, 0.29) is 17.3 Å². The fraction of sp³-hybridized carbons (Fsp3) is 0.0833. The molecule has 9 heteroatoms. The van der Waals surface area contributed by atoms with Gasteiger partial charge < -0.3 is 15.8 Å². The number of hydrogen-bond acceptors (Lipinski definition) is 7. The van der Waals surface area contributed by atoms with Crippen LogP contribution in [-0.2, 0) is 6.54 Å². The van der Waals surface area contributed by atoms with E-state index >= 15 is 0 Å². The molecular formula is C24H20N6O2S. The van der Waals surface area contributed by atoms with Gasteiger partial charge in [0.15, 0.2) is 5.65 Å². The van der Waals surface area contributed by atoms with Crippen molar-refractivity contribution in [1.29, 1.82) is 0 Å². The molecule has 3 heterocycles. The molecule has 0 aliphatic rings. The van der Waals surface area contributed by atoms with Crippen molar-refractivity contribution in [3.8, 4) is 5.75 Å². The van der Waals surface area contributed by atoms with Gasteiger partial charge in [0, 0.05) is 11.4 Å². The highest BCUT2D eigenvalue weighted by Gasteiger charge is 2.24. The maximum atomic E-state index is 13.2. The van der Waals surface area contributed by atoms with Crippen LogP contribution in [0.25, 0.3) is 22.2 Å². The summed E-state index contributed by atoms with van der Waals surface area (Å²) in [5.74, 6) is 0.589. The summed E-state index contributed by atoms with van der Waals surface area (Å²) in [7, 11) is 1.61. The van der Waals surface area contributed by atoms with Crippen LogP contribution in [0, 0.1) is 0 Å². The number of thiophene rings is 1. The molecule has 0 spiro atoms. The second-order valence-corrected chi connectivity index (χ2v) is 8.23. The molecule has 0 saturated heterocycles. The first-order valence-corrected chi connectivity index (χ1v) is 11.1. The molecule has 5 rings (SSSR count). The molecule has 0 bridgehead atoms. The van der Waals surface area contributed by atoms with Crippen molar-refractivity contribution in [2.45, 2.75) is 6.54 Å². The highest BCUT2D eigenvalue weighted by Crippen LogP contribution is 2.28. The van der Waals surface area contributed by atoms with Crippen LogP contribution in [0.2, 0.25) is 0 Å². The first-order valence-electron chi connectivity index (χ1n) is 10.2. The third-order valence-corrected chi connectivity index (χ3v) is 5.96. The number of nitrogens with one attached hydrogen (secondary N) is 1. The minimum absolute atomic E-state index is 0.181. The number of benzene rings is 2. The number of carbonyl (C=O) groups excluding carboxylic acids is 1. The van der Waals surface area contributed by atoms with Crippen LogP contribution < -0.4 is 15.8 Å². The first-order chi connectivity index (χ1) is 16.1. The average Bonchev–Trinajstić information content (AvgIpc) is 3.45. The van der Waals surface area contributed by atoms with Gasteiger partial charge in [-0.2, -0.15) is 9.78 Å². The number of amides is 1. The Bertz CT molecular complexity index is 1470. The number of aromatic nitrogens is 3. The normalized spacial score (nSPS) is 11.4. The van der Waals surface area contributed by atoms with Crippen molar-refractivity contribution in [2.75, 3.05) is 12.8 Å². The van der Waals surface area contributed by atoms with Crippen molar-refractivity contribution in [1.82, 2.24) is 20.0 Å². The topological polar surface area (TPSA) is 107 Å². The zero-order valence-electron chi connectivity index (χ0n) is 17.7. The molecule has 0 aliphatic heterocycles. The van der Waals surface area contributed by atoms with E-state index in [9.17, 15) is 4.79 Å². The number of nitrogens with zero attached hydrogens (tertiary/aromatic N) is 4. The smallest absolute Gasteiger partial charge is 0.257 e. The van der Waals surface area contributed by atoms with Gasteiger partial charge >= 0.3 is 0 Å². The van der Waals surface area contributed by atoms with Crippen molar-refractivity contribution in [3.05, 3.63) is 82.0 Å². The van der Waals surface area contributed by atoms with Crippen LogP contribution in [0.4, 0.5) is 5.82 Å². The maximum absolute atomic E-state index is 13.2. The number of carbonyl (C=O) groups is 1. The summed E-state index contributed by atoms with van der Waals surface area (Å²) in [6.07, 6.45) is 1.69. The number of hydrogen-bond donors (Lipinski definition) is 2. The summed E-state index contributed by atoms with van der Waals surface area (Å²) in [4.78, 5) is 23.6. The Morgan fingerprint density at radius 1 is 1.12 bits per heavy atom. The standard InChI is InChI=1S/C24H20N6O2S/c1-32-16-10-8-15(9-11-16)13-26-24(31)20-21-23(29-19-7-3-2-6-18(19)28-21)30(22(20)25)27-14-17-5-4-12-33-17/h2-12,14H,13,25H2,1H3,(H,26,31)/b27-14+. The number of ether oxygens (including phenoxy) is 1. The van der Waals surface area contributed by atoms with Crippen molar-refractivity contribution >= 4 is 51.5 Å². The van der Waals surface area contributed by atoms with E-state index in [2.05, 4.69) is 10.4 Å². The van der Waals surface area contributed by atoms with Crippen LogP contribution in [0.3, 0.4) is 0 Å². The van der Waals surface area contributed by atoms with Gasteiger partial charge in [-0.1, -0.05) is 30.3 Å². The average molecular weight is 457 g/mol. The zero-order valence-corrected chi connectivity index (χ0v) is 18.5. The molecule has 0 radical (unpaired) electrons. The van der Waals surface area contributed by atoms with E-state index in [0.29, 0.717) is 28.7 Å². The lowest BCUT2D eigenvalue weighted by atomic mass is 10.2. The predicted molar refractivity (Wildman–Crippen MR) is 131 cm³/mol. The van der Waals surface area contributed by atoms with Gasteiger partial charge in [-0.15, -0.1) is 11.3 Å². The third-order valence-electron chi connectivity index (χ3n) is 5.16. The largest absolute Gasteiger partial charge is 0.497 e. The Morgan fingerprint density at radius 2 is 1.88 bits per heavy atom. The summed E-state index contributed by atoms with van der Waals surface area (Å²) < 4.78 is 6.65. The summed E-state index contributed by atoms with van der Waals surface area (Å²) in [6.45, 7) is 0.328. The lowest BCUT2D eigenvalue weighted by Crippen LogP contribution is -2.23. The van der Waals surface area contributed by atoms with Gasteiger partial charge in [0.25, 0.3) is 5.91 Å². The second kappa shape index (κ2) is 8.71. The van der Waals surface area contributed by atoms with Gasteiger partial charge in [0.1, 0.15) is 22.6 Å². The highest BCUT2D eigenvalue weighted by molar-refractivity contribution is 7.11. The Labute approximate surface area is 193 Å². The molecule has 0 fully saturated rings. The molecule has 1 amide bonds. The minimum atomic E-state index is -0.344. The molecule has 8 nitrogen and oxygen atoms in total. The van der Waals surface area contributed by atoms with Crippen LogP contribution in [0.1, 0.15) is 20.8 Å². The van der Waals surface area contributed by atoms with E-state index in [0.717, 1.165) is 16.2 Å². The Balaban J connectivity index is 1.55. The number of methoxy groups -OCH3 is 1. The number of nitrogen functional groups attached to an aromatic ring is 1. The first kappa shape index (κ1) is 20.7. The molecule has 0 aliphatic carbocycles. The maximum Gasteiger partial charge on any atom is 0.257 e. The molecule has 5 aromatic rings. The van der Waals surface area contributed by atoms with Crippen LogP contribution in [0.15, 0.2) is 71.1 Å². The Morgan fingerprint density at radius 3 is 2.58 bits per heavy atom. The minimum Gasteiger partial charge on any atom is -0.497 e. The quantitative estimate of drug-likeness (QED) is 0.375. The summed E-state index contributed by atoms with van der Waals surface area (Å²) in [6, 6.07) is 18.8. The SMILES string of the molecule is COc1ccc(CNC(=O)c2c(N)n(/N=C/c3cccs3)c3nc4ccccc4nc23)cc1. The van der Waals surface area contributed by atoms with Gasteiger partial charge in [-0.25, -0.2) is 9.97 Å². The van der Waals surface area contributed by atoms with E-state index in [1.165, 1.54) is 4.68 Å². The summed E-state index contributed by atoms with van der Waals surface area (Å²) in [5, 5.41) is 9.39. The summed E-state index contributed by atoms with van der Waals surface area (Å²) >= 11 is 1.55.